The second kappa shape index (κ2) is 3.59. The monoisotopic (exact) mass is 189 g/mol. The van der Waals surface area contributed by atoms with Gasteiger partial charge in [-0.3, -0.25) is 0 Å². The number of nitriles is 1. The van der Waals surface area contributed by atoms with Crippen LogP contribution in [0, 0.1) is 11.3 Å². The largest absolute Gasteiger partial charge is 0.486 e. The van der Waals surface area contributed by atoms with E-state index in [1.165, 1.54) is 0 Å². The van der Waals surface area contributed by atoms with Crippen molar-refractivity contribution in [3.8, 4) is 17.6 Å². The highest BCUT2D eigenvalue weighted by Gasteiger charge is 2.18. The van der Waals surface area contributed by atoms with Crippen LogP contribution in [0.1, 0.15) is 18.4 Å². The van der Waals surface area contributed by atoms with Crippen molar-refractivity contribution in [1.29, 1.82) is 5.26 Å². The topological polar surface area (TPSA) is 42.2 Å². The molecule has 3 nitrogen and oxygen atoms in total. The molecule has 2 rings (SSSR count). The first-order valence-electron chi connectivity index (χ1n) is 4.61. The Bertz CT molecular complexity index is 381. The number of fused-ring (bicyclic) bond motifs is 1. The van der Waals surface area contributed by atoms with Crippen LogP contribution in [0.2, 0.25) is 0 Å². The summed E-state index contributed by atoms with van der Waals surface area (Å²) >= 11 is 0. The molecule has 3 heteroatoms. The summed E-state index contributed by atoms with van der Waals surface area (Å²) < 4.78 is 10.9. The molecule has 1 aromatic carbocycles. The maximum Gasteiger partial charge on any atom is 0.165 e. The summed E-state index contributed by atoms with van der Waals surface area (Å²) in [6.45, 7) is 2.99. The van der Waals surface area contributed by atoms with E-state index in [2.05, 4.69) is 6.07 Å². The smallest absolute Gasteiger partial charge is 0.165 e. The van der Waals surface area contributed by atoms with E-state index >= 15 is 0 Å². The standard InChI is InChI=1S/C11H11NO2/c1-8(7-12)9-3-2-4-10-11(9)14-6-5-13-10/h2-4,8H,5-6H2,1H3. The van der Waals surface area contributed by atoms with E-state index in [1.807, 2.05) is 25.1 Å². The Morgan fingerprint density at radius 2 is 2.14 bits per heavy atom. The molecular weight excluding hydrogens is 178 g/mol. The molecule has 14 heavy (non-hydrogen) atoms. The second-order valence-corrected chi connectivity index (χ2v) is 3.22. The van der Waals surface area contributed by atoms with Gasteiger partial charge >= 0.3 is 0 Å². The lowest BCUT2D eigenvalue weighted by Crippen LogP contribution is -2.16. The minimum atomic E-state index is -0.161. The molecule has 1 unspecified atom stereocenters. The van der Waals surface area contributed by atoms with Crippen molar-refractivity contribution < 1.29 is 9.47 Å². The molecule has 0 N–H and O–H groups in total. The Hall–Kier alpha value is -1.69. The molecule has 1 atom stereocenters. The van der Waals surface area contributed by atoms with Crippen molar-refractivity contribution >= 4 is 0 Å². The molecule has 1 aliphatic rings. The van der Waals surface area contributed by atoms with Gasteiger partial charge in [-0.15, -0.1) is 0 Å². The summed E-state index contributed by atoms with van der Waals surface area (Å²) in [6.07, 6.45) is 0. The van der Waals surface area contributed by atoms with Gasteiger partial charge in [0.25, 0.3) is 0 Å². The predicted molar refractivity (Wildman–Crippen MR) is 51.5 cm³/mol. The van der Waals surface area contributed by atoms with Gasteiger partial charge in [-0.05, 0) is 13.0 Å². The van der Waals surface area contributed by atoms with Crippen LogP contribution in [0.25, 0.3) is 0 Å². The third-order valence-electron chi connectivity index (χ3n) is 2.26. The minimum absolute atomic E-state index is 0.161. The third-order valence-corrected chi connectivity index (χ3v) is 2.26. The number of benzene rings is 1. The second-order valence-electron chi connectivity index (χ2n) is 3.22. The van der Waals surface area contributed by atoms with E-state index < -0.39 is 0 Å². The summed E-state index contributed by atoms with van der Waals surface area (Å²) in [5.74, 6) is 1.32. The zero-order valence-electron chi connectivity index (χ0n) is 7.99. The van der Waals surface area contributed by atoms with Crippen molar-refractivity contribution in [2.24, 2.45) is 0 Å². The van der Waals surface area contributed by atoms with Gasteiger partial charge in [0, 0.05) is 5.56 Å². The van der Waals surface area contributed by atoms with Crippen LogP contribution in [0.5, 0.6) is 11.5 Å². The number of hydrogen-bond donors (Lipinski definition) is 0. The first-order chi connectivity index (χ1) is 6.83. The Balaban J connectivity index is 2.46. The van der Waals surface area contributed by atoms with Gasteiger partial charge < -0.3 is 9.47 Å². The number of para-hydroxylation sites is 1. The first-order valence-corrected chi connectivity index (χ1v) is 4.61. The predicted octanol–water partition coefficient (Wildman–Crippen LogP) is 2.08. The molecule has 0 bridgehead atoms. The molecular formula is C11H11NO2. The molecule has 1 heterocycles. The molecule has 0 radical (unpaired) electrons. The van der Waals surface area contributed by atoms with E-state index in [0.29, 0.717) is 13.2 Å². The van der Waals surface area contributed by atoms with Gasteiger partial charge in [-0.2, -0.15) is 5.26 Å². The molecule has 0 aromatic heterocycles. The third kappa shape index (κ3) is 1.39. The summed E-state index contributed by atoms with van der Waals surface area (Å²) in [6, 6.07) is 7.85. The average Bonchev–Trinajstić information content (AvgIpc) is 2.27. The van der Waals surface area contributed by atoms with Crippen LogP contribution in [-0.4, -0.2) is 13.2 Å². The van der Waals surface area contributed by atoms with Crippen molar-refractivity contribution in [3.05, 3.63) is 23.8 Å². The van der Waals surface area contributed by atoms with Gasteiger partial charge in [0.15, 0.2) is 11.5 Å². The lowest BCUT2D eigenvalue weighted by molar-refractivity contribution is 0.169. The Morgan fingerprint density at radius 1 is 1.36 bits per heavy atom. The van der Waals surface area contributed by atoms with Crippen molar-refractivity contribution in [2.75, 3.05) is 13.2 Å². The Labute approximate surface area is 82.9 Å². The summed E-state index contributed by atoms with van der Waals surface area (Å²) in [5.41, 5.74) is 0.907. The quantitative estimate of drug-likeness (QED) is 0.679. The lowest BCUT2D eigenvalue weighted by atomic mass is 10.0. The van der Waals surface area contributed by atoms with E-state index in [9.17, 15) is 0 Å². The number of hydrogen-bond acceptors (Lipinski definition) is 3. The molecule has 1 aliphatic heterocycles. The SMILES string of the molecule is CC(C#N)c1cccc2c1OCCO2. The fraction of sp³-hybridized carbons (Fsp3) is 0.364. The molecule has 0 saturated heterocycles. The van der Waals surface area contributed by atoms with Crippen LogP contribution < -0.4 is 9.47 Å². The fourth-order valence-electron chi connectivity index (χ4n) is 1.51. The zero-order valence-corrected chi connectivity index (χ0v) is 7.99. The Kier molecular flexibility index (Phi) is 2.28. The van der Waals surface area contributed by atoms with Gasteiger partial charge in [-0.25, -0.2) is 0 Å². The maximum absolute atomic E-state index is 8.84. The van der Waals surface area contributed by atoms with Crippen molar-refractivity contribution in [3.63, 3.8) is 0 Å². The highest BCUT2D eigenvalue weighted by Crippen LogP contribution is 2.37. The van der Waals surface area contributed by atoms with Crippen molar-refractivity contribution in [1.82, 2.24) is 0 Å². The van der Waals surface area contributed by atoms with Crippen molar-refractivity contribution in [2.45, 2.75) is 12.8 Å². The minimum Gasteiger partial charge on any atom is -0.486 e. The van der Waals surface area contributed by atoms with Gasteiger partial charge in [0.05, 0.1) is 12.0 Å². The highest BCUT2D eigenvalue weighted by atomic mass is 16.6. The molecule has 0 spiro atoms. The van der Waals surface area contributed by atoms with Crippen LogP contribution >= 0.6 is 0 Å². The fourth-order valence-corrected chi connectivity index (χ4v) is 1.51. The maximum atomic E-state index is 8.84. The number of nitrogens with zero attached hydrogens (tertiary/aromatic N) is 1. The van der Waals surface area contributed by atoms with Gasteiger partial charge in [0.1, 0.15) is 13.2 Å². The molecule has 0 saturated carbocycles. The van der Waals surface area contributed by atoms with E-state index in [1.54, 1.807) is 0 Å². The molecule has 1 aromatic rings. The molecule has 0 fully saturated rings. The molecule has 72 valence electrons. The first kappa shape index (κ1) is 8.89. The summed E-state index contributed by atoms with van der Waals surface area (Å²) in [7, 11) is 0. The summed E-state index contributed by atoms with van der Waals surface area (Å²) in [4.78, 5) is 0. The highest BCUT2D eigenvalue weighted by molar-refractivity contribution is 5.50. The molecule has 0 aliphatic carbocycles. The van der Waals surface area contributed by atoms with Crippen LogP contribution in [0.15, 0.2) is 18.2 Å². The van der Waals surface area contributed by atoms with E-state index in [4.69, 9.17) is 14.7 Å². The number of rotatable bonds is 1. The summed E-state index contributed by atoms with van der Waals surface area (Å²) in [5, 5.41) is 8.84. The lowest BCUT2D eigenvalue weighted by Gasteiger charge is -2.21. The van der Waals surface area contributed by atoms with E-state index in [0.717, 1.165) is 17.1 Å². The Morgan fingerprint density at radius 3 is 2.93 bits per heavy atom. The van der Waals surface area contributed by atoms with Gasteiger partial charge in [-0.1, -0.05) is 12.1 Å². The average molecular weight is 189 g/mol. The number of ether oxygens (including phenoxy) is 2. The van der Waals surface area contributed by atoms with Crippen LogP contribution in [0.3, 0.4) is 0 Å². The van der Waals surface area contributed by atoms with E-state index in [-0.39, 0.29) is 5.92 Å². The zero-order chi connectivity index (χ0) is 9.97. The van der Waals surface area contributed by atoms with Crippen LogP contribution in [0.4, 0.5) is 0 Å². The molecule has 0 amide bonds. The van der Waals surface area contributed by atoms with Gasteiger partial charge in [0.2, 0.25) is 0 Å². The van der Waals surface area contributed by atoms with Crippen LogP contribution in [-0.2, 0) is 0 Å². The normalized spacial score (nSPS) is 15.7.